The van der Waals surface area contributed by atoms with Gasteiger partial charge in [-0.2, -0.15) is 0 Å². The lowest BCUT2D eigenvalue weighted by atomic mass is 10.1. The average molecular weight is 500 g/mol. The van der Waals surface area contributed by atoms with E-state index in [1.807, 2.05) is 20.8 Å². The summed E-state index contributed by atoms with van der Waals surface area (Å²) in [6.45, 7) is 5.71. The number of rotatable bonds is 8. The number of para-hydroxylation sites is 1. The number of carbonyl (C=O) groups excluding carboxylic acids is 2. The molecule has 0 spiro atoms. The molecular formula is C25H26ClN3O4S. The molecule has 0 saturated heterocycles. The van der Waals surface area contributed by atoms with Gasteiger partial charge in [-0.05, 0) is 62.7 Å². The van der Waals surface area contributed by atoms with Gasteiger partial charge in [0, 0.05) is 11.7 Å². The predicted molar refractivity (Wildman–Crippen MR) is 135 cm³/mol. The molecule has 9 heteroatoms. The summed E-state index contributed by atoms with van der Waals surface area (Å²) in [5, 5.41) is 5.71. The van der Waals surface area contributed by atoms with Crippen LogP contribution in [0, 0.1) is 6.92 Å². The van der Waals surface area contributed by atoms with Crippen molar-refractivity contribution >= 4 is 44.8 Å². The molecule has 3 aromatic rings. The molecule has 1 unspecified atom stereocenters. The number of halogens is 1. The number of anilines is 2. The number of sulfonamides is 1. The van der Waals surface area contributed by atoms with Gasteiger partial charge < -0.3 is 10.6 Å². The summed E-state index contributed by atoms with van der Waals surface area (Å²) >= 11 is 6.24. The van der Waals surface area contributed by atoms with Gasteiger partial charge in [0.25, 0.3) is 21.8 Å². The van der Waals surface area contributed by atoms with Gasteiger partial charge in [0.15, 0.2) is 0 Å². The maximum atomic E-state index is 13.0. The van der Waals surface area contributed by atoms with Crippen molar-refractivity contribution in [3.8, 4) is 0 Å². The van der Waals surface area contributed by atoms with Crippen molar-refractivity contribution < 1.29 is 18.0 Å². The highest BCUT2D eigenvalue weighted by Gasteiger charge is 2.19. The SMILES string of the molecule is CCC(C)NC(=O)c1ccccc1NC(=O)c1cc(NS(=O)(=O)c2ccc(C)cc2)ccc1Cl. The highest BCUT2D eigenvalue weighted by atomic mass is 35.5. The smallest absolute Gasteiger partial charge is 0.261 e. The molecule has 0 radical (unpaired) electrons. The number of carbonyl (C=O) groups is 2. The van der Waals surface area contributed by atoms with Crippen molar-refractivity contribution in [1.29, 1.82) is 0 Å². The monoisotopic (exact) mass is 499 g/mol. The third kappa shape index (κ3) is 6.15. The Morgan fingerprint density at radius 2 is 1.62 bits per heavy atom. The molecule has 0 aliphatic rings. The van der Waals surface area contributed by atoms with Gasteiger partial charge in [-0.25, -0.2) is 8.42 Å². The molecule has 3 N–H and O–H groups in total. The molecule has 0 bridgehead atoms. The van der Waals surface area contributed by atoms with Crippen molar-refractivity contribution in [3.63, 3.8) is 0 Å². The largest absolute Gasteiger partial charge is 0.350 e. The van der Waals surface area contributed by atoms with Crippen molar-refractivity contribution in [3.05, 3.63) is 88.4 Å². The Morgan fingerprint density at radius 1 is 0.941 bits per heavy atom. The van der Waals surface area contributed by atoms with Crippen molar-refractivity contribution in [2.75, 3.05) is 10.0 Å². The van der Waals surface area contributed by atoms with E-state index in [2.05, 4.69) is 15.4 Å². The second kappa shape index (κ2) is 10.7. The molecule has 178 valence electrons. The molecule has 0 aliphatic carbocycles. The van der Waals surface area contributed by atoms with E-state index >= 15 is 0 Å². The lowest BCUT2D eigenvalue weighted by molar-refractivity contribution is 0.0940. The van der Waals surface area contributed by atoms with Gasteiger partial charge in [-0.1, -0.05) is 48.4 Å². The Bertz CT molecular complexity index is 1310. The lowest BCUT2D eigenvalue weighted by Crippen LogP contribution is -2.32. The van der Waals surface area contributed by atoms with Crippen LogP contribution in [0.2, 0.25) is 5.02 Å². The maximum Gasteiger partial charge on any atom is 0.261 e. The first-order valence-electron chi connectivity index (χ1n) is 10.7. The number of aryl methyl sites for hydroxylation is 1. The van der Waals surface area contributed by atoms with Gasteiger partial charge >= 0.3 is 0 Å². The minimum atomic E-state index is -3.85. The van der Waals surface area contributed by atoms with Gasteiger partial charge in [-0.15, -0.1) is 0 Å². The van der Waals surface area contributed by atoms with Crippen LogP contribution in [-0.4, -0.2) is 26.3 Å². The van der Waals surface area contributed by atoms with Gasteiger partial charge in [0.05, 0.1) is 26.7 Å². The molecule has 2 amide bonds. The number of hydrogen-bond acceptors (Lipinski definition) is 4. The fourth-order valence-electron chi connectivity index (χ4n) is 3.08. The molecule has 3 aromatic carbocycles. The van der Waals surface area contributed by atoms with Crippen molar-refractivity contribution in [2.45, 2.75) is 38.1 Å². The van der Waals surface area contributed by atoms with E-state index in [4.69, 9.17) is 11.6 Å². The van der Waals surface area contributed by atoms with Crippen LogP contribution in [-0.2, 0) is 10.0 Å². The van der Waals surface area contributed by atoms with Crippen LogP contribution >= 0.6 is 11.6 Å². The Labute approximate surface area is 204 Å². The molecular weight excluding hydrogens is 474 g/mol. The fraction of sp³-hybridized carbons (Fsp3) is 0.200. The first kappa shape index (κ1) is 25.3. The second-order valence-corrected chi connectivity index (χ2v) is 9.99. The van der Waals surface area contributed by atoms with E-state index in [9.17, 15) is 18.0 Å². The maximum absolute atomic E-state index is 13.0. The molecule has 0 fully saturated rings. The van der Waals surface area contributed by atoms with Crippen LogP contribution in [0.5, 0.6) is 0 Å². The van der Waals surface area contributed by atoms with Crippen LogP contribution in [0.4, 0.5) is 11.4 Å². The number of amides is 2. The number of hydrogen-bond donors (Lipinski definition) is 3. The molecule has 1 atom stereocenters. The van der Waals surface area contributed by atoms with E-state index in [-0.39, 0.29) is 33.1 Å². The first-order valence-corrected chi connectivity index (χ1v) is 12.6. The summed E-state index contributed by atoms with van der Waals surface area (Å²) in [5.41, 5.74) is 1.79. The van der Waals surface area contributed by atoms with Gasteiger partial charge in [-0.3, -0.25) is 14.3 Å². The highest BCUT2D eigenvalue weighted by molar-refractivity contribution is 7.92. The fourth-order valence-corrected chi connectivity index (χ4v) is 4.33. The Kier molecular flexibility index (Phi) is 7.96. The Hall–Kier alpha value is -3.36. The molecule has 34 heavy (non-hydrogen) atoms. The van der Waals surface area contributed by atoms with Crippen LogP contribution in [0.1, 0.15) is 46.5 Å². The predicted octanol–water partition coefficient (Wildman–Crippen LogP) is 5.23. The van der Waals surface area contributed by atoms with Crippen LogP contribution in [0.15, 0.2) is 71.6 Å². The van der Waals surface area contributed by atoms with Gasteiger partial charge in [0.2, 0.25) is 0 Å². The Morgan fingerprint density at radius 3 is 2.29 bits per heavy atom. The summed E-state index contributed by atoms with van der Waals surface area (Å²) < 4.78 is 27.9. The third-order valence-electron chi connectivity index (χ3n) is 5.20. The normalized spacial score (nSPS) is 12.0. The van der Waals surface area contributed by atoms with Crippen LogP contribution in [0.25, 0.3) is 0 Å². The van der Waals surface area contributed by atoms with E-state index in [0.717, 1.165) is 12.0 Å². The topological polar surface area (TPSA) is 104 Å². The van der Waals surface area contributed by atoms with E-state index < -0.39 is 15.9 Å². The van der Waals surface area contributed by atoms with E-state index in [0.29, 0.717) is 11.3 Å². The van der Waals surface area contributed by atoms with Crippen LogP contribution < -0.4 is 15.4 Å². The number of benzene rings is 3. The zero-order valence-corrected chi connectivity index (χ0v) is 20.6. The quantitative estimate of drug-likeness (QED) is 0.394. The standard InChI is InChI=1S/C25H26ClN3O4S/c1-4-17(3)27-24(30)20-7-5-6-8-23(20)28-25(31)21-15-18(11-14-22(21)26)29-34(32,33)19-12-9-16(2)10-13-19/h5-15,17,29H,4H2,1-3H3,(H,27,30)(H,28,31). The van der Waals surface area contributed by atoms with Crippen molar-refractivity contribution in [2.24, 2.45) is 0 Å². The van der Waals surface area contributed by atoms with E-state index in [1.54, 1.807) is 36.4 Å². The molecule has 0 aromatic heterocycles. The summed E-state index contributed by atoms with van der Waals surface area (Å²) in [6, 6.07) is 17.3. The molecule has 7 nitrogen and oxygen atoms in total. The lowest BCUT2D eigenvalue weighted by Gasteiger charge is -2.15. The average Bonchev–Trinajstić information content (AvgIpc) is 2.80. The highest BCUT2D eigenvalue weighted by Crippen LogP contribution is 2.25. The second-order valence-electron chi connectivity index (χ2n) is 7.90. The summed E-state index contributed by atoms with van der Waals surface area (Å²) in [7, 11) is -3.85. The molecule has 0 aliphatic heterocycles. The minimum Gasteiger partial charge on any atom is -0.350 e. The van der Waals surface area contributed by atoms with Crippen molar-refractivity contribution in [1.82, 2.24) is 5.32 Å². The molecule has 3 rings (SSSR count). The zero-order valence-electron chi connectivity index (χ0n) is 19.1. The van der Waals surface area contributed by atoms with E-state index in [1.165, 1.54) is 30.3 Å². The minimum absolute atomic E-state index is 0.0241. The van der Waals surface area contributed by atoms with Gasteiger partial charge in [0.1, 0.15) is 0 Å². The zero-order chi connectivity index (χ0) is 24.9. The Balaban J connectivity index is 1.84. The molecule has 0 heterocycles. The third-order valence-corrected chi connectivity index (χ3v) is 6.93. The first-order chi connectivity index (χ1) is 16.1. The summed E-state index contributed by atoms with van der Waals surface area (Å²) in [5.74, 6) is -0.888. The summed E-state index contributed by atoms with van der Waals surface area (Å²) in [4.78, 5) is 25.7. The molecule has 0 saturated carbocycles. The summed E-state index contributed by atoms with van der Waals surface area (Å²) in [6.07, 6.45) is 0.765. The van der Waals surface area contributed by atoms with Crippen LogP contribution in [0.3, 0.4) is 0 Å². The number of nitrogens with one attached hydrogen (secondary N) is 3.